The van der Waals surface area contributed by atoms with E-state index in [1.807, 2.05) is 6.92 Å². The molecular weight excluding hydrogens is 261 g/mol. The number of carbonyl (C=O) groups is 1. The van der Waals surface area contributed by atoms with Crippen LogP contribution in [-0.2, 0) is 0 Å². The van der Waals surface area contributed by atoms with E-state index in [9.17, 15) is 9.18 Å². The van der Waals surface area contributed by atoms with Gasteiger partial charge in [0.05, 0.1) is 24.1 Å². The van der Waals surface area contributed by atoms with Gasteiger partial charge in [-0.15, -0.1) is 0 Å². The van der Waals surface area contributed by atoms with Crippen molar-refractivity contribution in [2.24, 2.45) is 0 Å². The summed E-state index contributed by atoms with van der Waals surface area (Å²) in [5, 5.41) is 15.6. The molecule has 20 heavy (non-hydrogen) atoms. The summed E-state index contributed by atoms with van der Waals surface area (Å²) in [4.78, 5) is 13.9. The van der Waals surface area contributed by atoms with Crippen LogP contribution in [0.5, 0.6) is 0 Å². The van der Waals surface area contributed by atoms with Crippen LogP contribution in [-0.4, -0.2) is 45.8 Å². The molecule has 106 valence electrons. The Bertz CT molecular complexity index is 580. The minimum absolute atomic E-state index is 0.0939. The van der Waals surface area contributed by atoms with Crippen molar-refractivity contribution in [3.05, 3.63) is 41.8 Å². The van der Waals surface area contributed by atoms with Gasteiger partial charge in [-0.25, -0.2) is 4.39 Å². The smallest absolute Gasteiger partial charge is 0.257 e. The first kappa shape index (κ1) is 14.2. The topological polar surface area (TPSA) is 69.2 Å². The monoisotopic (exact) mass is 277 g/mol. The van der Waals surface area contributed by atoms with Crippen LogP contribution in [0.15, 0.2) is 30.5 Å². The number of hydrogen-bond donors (Lipinski definition) is 2. The summed E-state index contributed by atoms with van der Waals surface area (Å²) >= 11 is 0. The molecule has 6 heteroatoms. The molecule has 1 aromatic carbocycles. The fraction of sp³-hybridized carbons (Fsp3) is 0.286. The van der Waals surface area contributed by atoms with Crippen LogP contribution in [0, 0.1) is 5.82 Å². The molecule has 0 bridgehead atoms. The van der Waals surface area contributed by atoms with Crippen molar-refractivity contribution in [1.82, 2.24) is 15.1 Å². The first-order chi connectivity index (χ1) is 9.67. The molecule has 0 aliphatic heterocycles. The summed E-state index contributed by atoms with van der Waals surface area (Å²) in [6, 6.07) is 5.83. The van der Waals surface area contributed by atoms with Gasteiger partial charge >= 0.3 is 0 Å². The largest absolute Gasteiger partial charge is 0.395 e. The maximum Gasteiger partial charge on any atom is 0.257 e. The van der Waals surface area contributed by atoms with Gasteiger partial charge in [-0.1, -0.05) is 0 Å². The van der Waals surface area contributed by atoms with Crippen LogP contribution in [0.1, 0.15) is 17.3 Å². The number of nitrogens with zero attached hydrogens (tertiary/aromatic N) is 2. The molecule has 1 amide bonds. The molecule has 0 aliphatic carbocycles. The van der Waals surface area contributed by atoms with Crippen molar-refractivity contribution >= 4 is 5.91 Å². The average molecular weight is 277 g/mol. The molecular formula is C14H16FN3O2. The van der Waals surface area contributed by atoms with Crippen LogP contribution >= 0.6 is 0 Å². The number of carbonyl (C=O) groups excluding carboxylic acids is 1. The maximum absolute atomic E-state index is 12.9. The Balaban J connectivity index is 2.32. The number of benzene rings is 1. The zero-order valence-corrected chi connectivity index (χ0v) is 11.1. The zero-order chi connectivity index (χ0) is 14.5. The highest BCUT2D eigenvalue weighted by molar-refractivity contribution is 5.99. The number of rotatable bonds is 5. The van der Waals surface area contributed by atoms with Gasteiger partial charge in [-0.3, -0.25) is 9.89 Å². The molecule has 2 N–H and O–H groups in total. The van der Waals surface area contributed by atoms with Crippen LogP contribution in [0.4, 0.5) is 4.39 Å². The predicted octanol–water partition coefficient (Wildman–Crippen LogP) is 1.67. The van der Waals surface area contributed by atoms with E-state index in [2.05, 4.69) is 10.2 Å². The van der Waals surface area contributed by atoms with E-state index in [-0.39, 0.29) is 24.9 Å². The summed E-state index contributed by atoms with van der Waals surface area (Å²) in [6.45, 7) is 2.51. The normalized spacial score (nSPS) is 10.6. The molecule has 1 aromatic heterocycles. The first-order valence-corrected chi connectivity index (χ1v) is 6.36. The highest BCUT2D eigenvalue weighted by atomic mass is 19.1. The lowest BCUT2D eigenvalue weighted by Gasteiger charge is -2.19. The second-order valence-electron chi connectivity index (χ2n) is 4.27. The van der Waals surface area contributed by atoms with E-state index in [1.165, 1.54) is 23.2 Å². The molecule has 0 saturated heterocycles. The molecule has 0 spiro atoms. The SMILES string of the molecule is CCN(CCO)C(=O)c1cn[nH]c1-c1ccc(F)cc1. The zero-order valence-electron chi connectivity index (χ0n) is 11.1. The molecule has 2 aromatic rings. The van der Waals surface area contributed by atoms with E-state index in [0.29, 0.717) is 23.4 Å². The second kappa shape index (κ2) is 6.29. The number of likely N-dealkylation sites (N-methyl/N-ethyl adjacent to an activating group) is 1. The van der Waals surface area contributed by atoms with Gasteiger partial charge < -0.3 is 10.0 Å². The lowest BCUT2D eigenvalue weighted by atomic mass is 10.1. The van der Waals surface area contributed by atoms with Gasteiger partial charge in [0, 0.05) is 18.7 Å². The standard InChI is InChI=1S/C14H16FN3O2/c1-2-18(7-8-19)14(20)12-9-16-17-13(12)10-3-5-11(15)6-4-10/h3-6,9,19H,2,7-8H2,1H3,(H,16,17). The van der Waals surface area contributed by atoms with E-state index in [0.717, 1.165) is 0 Å². The third-order valence-electron chi connectivity index (χ3n) is 3.04. The molecule has 0 saturated carbocycles. The Morgan fingerprint density at radius 1 is 1.40 bits per heavy atom. The van der Waals surface area contributed by atoms with Gasteiger partial charge in [0.15, 0.2) is 0 Å². The van der Waals surface area contributed by atoms with Crippen molar-refractivity contribution in [3.63, 3.8) is 0 Å². The van der Waals surface area contributed by atoms with Crippen molar-refractivity contribution in [2.75, 3.05) is 19.7 Å². The Hall–Kier alpha value is -2.21. The van der Waals surface area contributed by atoms with E-state index in [1.54, 1.807) is 12.1 Å². The van der Waals surface area contributed by atoms with E-state index < -0.39 is 0 Å². The molecule has 5 nitrogen and oxygen atoms in total. The lowest BCUT2D eigenvalue weighted by molar-refractivity contribution is 0.0733. The highest BCUT2D eigenvalue weighted by Crippen LogP contribution is 2.22. The van der Waals surface area contributed by atoms with Crippen molar-refractivity contribution < 1.29 is 14.3 Å². The van der Waals surface area contributed by atoms with Crippen LogP contribution in [0.3, 0.4) is 0 Å². The number of hydrogen-bond acceptors (Lipinski definition) is 3. The quantitative estimate of drug-likeness (QED) is 0.873. The summed E-state index contributed by atoms with van der Waals surface area (Å²) in [6.07, 6.45) is 1.45. The van der Waals surface area contributed by atoms with Gasteiger partial charge in [-0.05, 0) is 31.2 Å². The fourth-order valence-corrected chi connectivity index (χ4v) is 1.98. The highest BCUT2D eigenvalue weighted by Gasteiger charge is 2.20. The number of aromatic amines is 1. The van der Waals surface area contributed by atoms with Crippen molar-refractivity contribution in [1.29, 1.82) is 0 Å². The molecule has 0 unspecified atom stereocenters. The third kappa shape index (κ3) is 2.85. The second-order valence-corrected chi connectivity index (χ2v) is 4.27. The number of aliphatic hydroxyl groups excluding tert-OH is 1. The number of aliphatic hydroxyl groups is 1. The third-order valence-corrected chi connectivity index (χ3v) is 3.04. The van der Waals surface area contributed by atoms with Crippen LogP contribution in [0.25, 0.3) is 11.3 Å². The van der Waals surface area contributed by atoms with E-state index >= 15 is 0 Å². The molecule has 0 aliphatic rings. The van der Waals surface area contributed by atoms with E-state index in [4.69, 9.17) is 5.11 Å². The van der Waals surface area contributed by atoms with Crippen LogP contribution in [0.2, 0.25) is 0 Å². The fourth-order valence-electron chi connectivity index (χ4n) is 1.98. The average Bonchev–Trinajstić information content (AvgIpc) is 2.94. The Morgan fingerprint density at radius 2 is 2.10 bits per heavy atom. The van der Waals surface area contributed by atoms with Gasteiger partial charge in [-0.2, -0.15) is 5.10 Å². The maximum atomic E-state index is 12.9. The molecule has 0 fully saturated rings. The van der Waals surface area contributed by atoms with Gasteiger partial charge in [0.1, 0.15) is 5.82 Å². The molecule has 0 radical (unpaired) electrons. The first-order valence-electron chi connectivity index (χ1n) is 6.36. The molecule has 2 rings (SSSR count). The number of amides is 1. The van der Waals surface area contributed by atoms with Crippen LogP contribution < -0.4 is 0 Å². The Kier molecular flexibility index (Phi) is 4.47. The molecule has 1 heterocycles. The summed E-state index contributed by atoms with van der Waals surface area (Å²) in [7, 11) is 0. The lowest BCUT2D eigenvalue weighted by Crippen LogP contribution is -2.33. The number of aromatic nitrogens is 2. The summed E-state index contributed by atoms with van der Waals surface area (Å²) in [5.74, 6) is -0.550. The Morgan fingerprint density at radius 3 is 2.70 bits per heavy atom. The predicted molar refractivity (Wildman–Crippen MR) is 72.6 cm³/mol. The Labute approximate surface area is 116 Å². The van der Waals surface area contributed by atoms with Crippen molar-refractivity contribution in [3.8, 4) is 11.3 Å². The number of halogens is 1. The van der Waals surface area contributed by atoms with Gasteiger partial charge in [0.25, 0.3) is 5.91 Å². The summed E-state index contributed by atoms with van der Waals surface area (Å²) < 4.78 is 12.9. The minimum Gasteiger partial charge on any atom is -0.395 e. The summed E-state index contributed by atoms with van der Waals surface area (Å²) in [5.41, 5.74) is 1.64. The molecule has 0 atom stereocenters. The van der Waals surface area contributed by atoms with Gasteiger partial charge in [0.2, 0.25) is 0 Å². The number of nitrogens with one attached hydrogen (secondary N) is 1. The van der Waals surface area contributed by atoms with Crippen molar-refractivity contribution in [2.45, 2.75) is 6.92 Å². The minimum atomic E-state index is -0.336. The number of H-pyrrole nitrogens is 1.